The molecule has 0 aromatic rings. The number of rotatable bonds is 6. The molecule has 2 nitrogen and oxygen atoms in total. The van der Waals surface area contributed by atoms with Crippen molar-refractivity contribution in [2.75, 3.05) is 13.1 Å². The highest BCUT2D eigenvalue weighted by Crippen LogP contribution is 2.25. The van der Waals surface area contributed by atoms with Gasteiger partial charge in [-0.3, -0.25) is 4.79 Å². The number of allylic oxidation sites excluding steroid dienone is 10. The maximum atomic E-state index is 9.89. The summed E-state index contributed by atoms with van der Waals surface area (Å²) in [6.07, 6.45) is 18.5. The monoisotopic (exact) mass is 301 g/mol. The molecule has 0 aromatic heterocycles. The summed E-state index contributed by atoms with van der Waals surface area (Å²) in [5.41, 5.74) is 4.09. The van der Waals surface area contributed by atoms with Crippen LogP contribution in [0, 0.1) is 0 Å². The van der Waals surface area contributed by atoms with Gasteiger partial charge in [-0.25, -0.2) is 0 Å². The first kappa shape index (κ1) is 20.2. The molecular formula is C20H31NO. The average molecular weight is 301 g/mol. The molecule has 0 heterocycles. The Kier molecular flexibility index (Phi) is 11.8. The molecule has 122 valence electrons. The van der Waals surface area contributed by atoms with Crippen molar-refractivity contribution in [3.05, 3.63) is 59.3 Å². The highest BCUT2D eigenvalue weighted by atomic mass is 16.1. The van der Waals surface area contributed by atoms with Crippen LogP contribution in [0.5, 0.6) is 0 Å². The SMILES string of the molecule is CCN(C=O)CC.C\C=C/C(=C\C=C\C)C1=CCCC=C1C. The lowest BCUT2D eigenvalue weighted by Gasteiger charge is -2.13. The summed E-state index contributed by atoms with van der Waals surface area (Å²) < 4.78 is 0. The summed E-state index contributed by atoms with van der Waals surface area (Å²) in [7, 11) is 0. The molecule has 1 aliphatic rings. The minimum atomic E-state index is 0.819. The zero-order valence-corrected chi connectivity index (χ0v) is 14.8. The van der Waals surface area contributed by atoms with E-state index < -0.39 is 0 Å². The van der Waals surface area contributed by atoms with Crippen molar-refractivity contribution in [2.24, 2.45) is 0 Å². The van der Waals surface area contributed by atoms with Crippen molar-refractivity contribution in [1.29, 1.82) is 0 Å². The molecular weight excluding hydrogens is 270 g/mol. The zero-order chi connectivity index (χ0) is 16.8. The van der Waals surface area contributed by atoms with Crippen molar-refractivity contribution in [3.8, 4) is 0 Å². The van der Waals surface area contributed by atoms with E-state index in [0.29, 0.717) is 0 Å². The summed E-state index contributed by atoms with van der Waals surface area (Å²) in [4.78, 5) is 11.6. The van der Waals surface area contributed by atoms with Crippen LogP contribution in [0.3, 0.4) is 0 Å². The maximum Gasteiger partial charge on any atom is 0.209 e. The van der Waals surface area contributed by atoms with Gasteiger partial charge >= 0.3 is 0 Å². The second-order valence-electron chi connectivity index (χ2n) is 5.06. The minimum Gasteiger partial charge on any atom is -0.346 e. The van der Waals surface area contributed by atoms with Gasteiger partial charge in [0.25, 0.3) is 0 Å². The van der Waals surface area contributed by atoms with Crippen LogP contribution in [0.4, 0.5) is 0 Å². The Bertz CT molecular complexity index is 460. The van der Waals surface area contributed by atoms with E-state index in [0.717, 1.165) is 25.9 Å². The van der Waals surface area contributed by atoms with E-state index in [2.05, 4.69) is 56.4 Å². The number of carbonyl (C=O) groups excluding carboxylic acids is 1. The van der Waals surface area contributed by atoms with Crippen LogP contribution in [0.2, 0.25) is 0 Å². The Morgan fingerprint density at radius 3 is 2.18 bits per heavy atom. The molecule has 22 heavy (non-hydrogen) atoms. The quantitative estimate of drug-likeness (QED) is 0.487. The second-order valence-corrected chi connectivity index (χ2v) is 5.06. The van der Waals surface area contributed by atoms with Gasteiger partial charge in [-0.1, -0.05) is 42.5 Å². The third-order valence-corrected chi connectivity index (χ3v) is 3.48. The van der Waals surface area contributed by atoms with E-state index in [4.69, 9.17) is 0 Å². The molecule has 0 atom stereocenters. The van der Waals surface area contributed by atoms with Gasteiger partial charge in [0.05, 0.1) is 0 Å². The van der Waals surface area contributed by atoms with Gasteiger partial charge in [0, 0.05) is 13.1 Å². The lowest BCUT2D eigenvalue weighted by molar-refractivity contribution is -0.117. The van der Waals surface area contributed by atoms with E-state index in [9.17, 15) is 4.79 Å². The third-order valence-electron chi connectivity index (χ3n) is 3.48. The lowest BCUT2D eigenvalue weighted by Crippen LogP contribution is -2.19. The first-order chi connectivity index (χ1) is 10.6. The summed E-state index contributed by atoms with van der Waals surface area (Å²) >= 11 is 0. The van der Waals surface area contributed by atoms with Crippen molar-refractivity contribution in [3.63, 3.8) is 0 Å². The van der Waals surface area contributed by atoms with E-state index in [1.165, 1.54) is 23.1 Å². The van der Waals surface area contributed by atoms with Crippen molar-refractivity contribution >= 4 is 6.41 Å². The fourth-order valence-electron chi connectivity index (χ4n) is 2.13. The molecule has 0 fully saturated rings. The number of amides is 1. The molecule has 0 bridgehead atoms. The summed E-state index contributed by atoms with van der Waals surface area (Å²) in [5.74, 6) is 0. The molecule has 0 unspecified atom stereocenters. The fourth-order valence-corrected chi connectivity index (χ4v) is 2.13. The molecule has 0 aliphatic heterocycles. The first-order valence-electron chi connectivity index (χ1n) is 8.17. The highest BCUT2D eigenvalue weighted by molar-refractivity contribution is 5.53. The molecule has 0 radical (unpaired) electrons. The Balaban J connectivity index is 0.000000534. The Labute approximate surface area is 136 Å². The van der Waals surface area contributed by atoms with Gasteiger partial charge in [0.2, 0.25) is 6.41 Å². The molecule has 0 saturated carbocycles. The summed E-state index contributed by atoms with van der Waals surface area (Å²) in [6, 6.07) is 0. The highest BCUT2D eigenvalue weighted by Gasteiger charge is 2.06. The van der Waals surface area contributed by atoms with Crippen LogP contribution >= 0.6 is 0 Å². The number of carbonyl (C=O) groups is 1. The van der Waals surface area contributed by atoms with Crippen molar-refractivity contribution in [1.82, 2.24) is 4.90 Å². The van der Waals surface area contributed by atoms with Crippen LogP contribution in [-0.2, 0) is 4.79 Å². The van der Waals surface area contributed by atoms with Gasteiger partial charge < -0.3 is 4.90 Å². The predicted molar refractivity (Wildman–Crippen MR) is 97.8 cm³/mol. The lowest BCUT2D eigenvalue weighted by atomic mass is 9.92. The number of hydrogen-bond acceptors (Lipinski definition) is 1. The normalized spacial score (nSPS) is 15.2. The zero-order valence-electron chi connectivity index (χ0n) is 14.8. The fraction of sp³-hybridized carbons (Fsp3) is 0.450. The molecule has 1 rings (SSSR count). The first-order valence-corrected chi connectivity index (χ1v) is 8.17. The topological polar surface area (TPSA) is 20.3 Å². The van der Waals surface area contributed by atoms with Crippen LogP contribution in [0.25, 0.3) is 0 Å². The molecule has 1 amide bonds. The standard InChI is InChI=1S/C15H20.C5H11NO/c1-4-6-11-14(9-5-2)15-12-8-7-10-13(15)3;1-3-6(4-2)5-7/h4-6,9-12H,7-8H2,1-3H3;5H,3-4H2,1-2H3/b6-4+,9-5-,14-11+;. The van der Waals surface area contributed by atoms with E-state index in [1.807, 2.05) is 20.8 Å². The number of hydrogen-bond donors (Lipinski definition) is 0. The van der Waals surface area contributed by atoms with Crippen molar-refractivity contribution < 1.29 is 4.79 Å². The van der Waals surface area contributed by atoms with Gasteiger partial charge in [-0.05, 0) is 64.2 Å². The molecule has 0 N–H and O–H groups in total. The van der Waals surface area contributed by atoms with Crippen LogP contribution in [-0.4, -0.2) is 24.4 Å². The smallest absolute Gasteiger partial charge is 0.209 e. The predicted octanol–water partition coefficient (Wildman–Crippen LogP) is 5.22. The second kappa shape index (κ2) is 12.9. The van der Waals surface area contributed by atoms with Crippen LogP contribution in [0.15, 0.2) is 59.3 Å². The minimum absolute atomic E-state index is 0.819. The van der Waals surface area contributed by atoms with Gasteiger partial charge in [0.1, 0.15) is 0 Å². The molecule has 2 heteroatoms. The molecule has 0 aromatic carbocycles. The maximum absolute atomic E-state index is 9.89. The number of nitrogens with zero attached hydrogens (tertiary/aromatic N) is 1. The molecule has 0 spiro atoms. The van der Waals surface area contributed by atoms with Crippen LogP contribution < -0.4 is 0 Å². The Morgan fingerprint density at radius 2 is 1.77 bits per heavy atom. The van der Waals surface area contributed by atoms with E-state index in [1.54, 1.807) is 4.90 Å². The van der Waals surface area contributed by atoms with Crippen LogP contribution in [0.1, 0.15) is 47.5 Å². The third kappa shape index (κ3) is 7.82. The Hall–Kier alpha value is -1.83. The van der Waals surface area contributed by atoms with Gasteiger partial charge in [-0.2, -0.15) is 0 Å². The van der Waals surface area contributed by atoms with E-state index >= 15 is 0 Å². The van der Waals surface area contributed by atoms with Gasteiger partial charge in [0.15, 0.2) is 0 Å². The van der Waals surface area contributed by atoms with Gasteiger partial charge in [-0.15, -0.1) is 0 Å². The average Bonchev–Trinajstić information content (AvgIpc) is 2.54. The Morgan fingerprint density at radius 1 is 1.14 bits per heavy atom. The molecule has 0 saturated heterocycles. The van der Waals surface area contributed by atoms with E-state index in [-0.39, 0.29) is 0 Å². The van der Waals surface area contributed by atoms with Crippen molar-refractivity contribution in [2.45, 2.75) is 47.5 Å². The summed E-state index contributed by atoms with van der Waals surface area (Å²) in [5, 5.41) is 0. The summed E-state index contributed by atoms with van der Waals surface area (Å²) in [6.45, 7) is 11.8. The molecule has 1 aliphatic carbocycles. The largest absolute Gasteiger partial charge is 0.346 e.